The maximum Gasteiger partial charge on any atom is 0.226 e. The molecule has 0 bridgehead atoms. The molecule has 4 heterocycles. The van der Waals surface area contributed by atoms with Crippen molar-refractivity contribution in [3.05, 3.63) is 78.6 Å². The molecule has 6 nitrogen and oxygen atoms in total. The van der Waals surface area contributed by atoms with Crippen LogP contribution in [-0.2, 0) is 5.72 Å². The molecule has 0 saturated heterocycles. The number of nitrogens with one attached hydrogen (secondary N) is 1. The Kier molecular flexibility index (Phi) is 3.09. The van der Waals surface area contributed by atoms with E-state index in [4.69, 9.17) is 0 Å². The maximum absolute atomic E-state index is 11.3. The van der Waals surface area contributed by atoms with E-state index in [1.165, 1.54) is 0 Å². The Morgan fingerprint density at radius 2 is 1.74 bits per heavy atom. The van der Waals surface area contributed by atoms with Crippen LogP contribution in [0.4, 0.5) is 11.4 Å². The summed E-state index contributed by atoms with van der Waals surface area (Å²) in [5.41, 5.74) is 1.18. The summed E-state index contributed by atoms with van der Waals surface area (Å²) in [6.45, 7) is 0. The minimum Gasteiger partial charge on any atom is -0.361 e. The highest BCUT2D eigenvalue weighted by Gasteiger charge is 2.41. The SMILES string of the molecule is OC1(c2ccccn2)Nc2ccncc2N=C1c1ccccn1. The van der Waals surface area contributed by atoms with E-state index in [9.17, 15) is 5.11 Å². The first kappa shape index (κ1) is 13.5. The van der Waals surface area contributed by atoms with Gasteiger partial charge in [0, 0.05) is 18.6 Å². The molecule has 1 unspecified atom stereocenters. The van der Waals surface area contributed by atoms with Crippen LogP contribution in [0.5, 0.6) is 0 Å². The molecule has 1 aliphatic heterocycles. The summed E-state index contributed by atoms with van der Waals surface area (Å²) in [5.74, 6) is 0. The molecule has 0 saturated carbocycles. The summed E-state index contributed by atoms with van der Waals surface area (Å²) >= 11 is 0. The zero-order chi connectivity index (χ0) is 15.7. The van der Waals surface area contributed by atoms with E-state index in [1.807, 2.05) is 18.2 Å². The second-order valence-electron chi connectivity index (χ2n) is 5.12. The van der Waals surface area contributed by atoms with Crippen LogP contribution in [0.1, 0.15) is 11.4 Å². The first-order valence-corrected chi connectivity index (χ1v) is 7.14. The molecule has 1 aliphatic rings. The predicted molar refractivity (Wildman–Crippen MR) is 86.4 cm³/mol. The first-order chi connectivity index (χ1) is 11.3. The van der Waals surface area contributed by atoms with Gasteiger partial charge in [-0.05, 0) is 30.3 Å². The highest BCUT2D eigenvalue weighted by atomic mass is 16.3. The minimum atomic E-state index is -1.57. The van der Waals surface area contributed by atoms with Crippen LogP contribution in [0.2, 0.25) is 0 Å². The molecular formula is C17H13N5O. The van der Waals surface area contributed by atoms with Crippen molar-refractivity contribution < 1.29 is 5.11 Å². The van der Waals surface area contributed by atoms with Gasteiger partial charge < -0.3 is 10.4 Å². The van der Waals surface area contributed by atoms with E-state index in [0.717, 1.165) is 0 Å². The van der Waals surface area contributed by atoms with Gasteiger partial charge in [0.2, 0.25) is 5.72 Å². The molecule has 6 heteroatoms. The molecule has 0 amide bonds. The fourth-order valence-electron chi connectivity index (χ4n) is 2.54. The second-order valence-corrected chi connectivity index (χ2v) is 5.12. The summed E-state index contributed by atoms with van der Waals surface area (Å²) in [4.78, 5) is 17.3. The third-order valence-electron chi connectivity index (χ3n) is 3.63. The largest absolute Gasteiger partial charge is 0.361 e. The van der Waals surface area contributed by atoms with Crippen molar-refractivity contribution in [1.29, 1.82) is 0 Å². The van der Waals surface area contributed by atoms with Crippen molar-refractivity contribution in [2.75, 3.05) is 5.32 Å². The first-order valence-electron chi connectivity index (χ1n) is 7.14. The lowest BCUT2D eigenvalue weighted by Gasteiger charge is -2.34. The third kappa shape index (κ3) is 2.25. The topological polar surface area (TPSA) is 83.3 Å². The standard InChI is InChI=1S/C17H13N5O/c23-17(15-6-2-4-9-20-15)16(13-5-1-3-8-19-13)21-14-11-18-10-7-12(14)22-17/h1-11,22-23H. The normalized spacial score (nSPS) is 19.4. The molecule has 3 aromatic heterocycles. The van der Waals surface area contributed by atoms with E-state index in [2.05, 4.69) is 25.3 Å². The number of pyridine rings is 3. The molecular weight excluding hydrogens is 290 g/mol. The lowest BCUT2D eigenvalue weighted by molar-refractivity contribution is 0.137. The van der Waals surface area contributed by atoms with Crippen molar-refractivity contribution in [3.8, 4) is 0 Å². The van der Waals surface area contributed by atoms with Gasteiger partial charge in [0.15, 0.2) is 0 Å². The highest BCUT2D eigenvalue weighted by Crippen LogP contribution is 2.37. The van der Waals surface area contributed by atoms with Gasteiger partial charge in [-0.15, -0.1) is 0 Å². The van der Waals surface area contributed by atoms with E-state index >= 15 is 0 Å². The van der Waals surface area contributed by atoms with Gasteiger partial charge >= 0.3 is 0 Å². The Balaban J connectivity index is 1.95. The number of aromatic nitrogens is 3. The number of hydrogen-bond donors (Lipinski definition) is 2. The molecule has 3 aromatic rings. The van der Waals surface area contributed by atoms with Crippen LogP contribution < -0.4 is 5.32 Å². The van der Waals surface area contributed by atoms with Crippen molar-refractivity contribution in [2.45, 2.75) is 5.72 Å². The number of hydrogen-bond acceptors (Lipinski definition) is 6. The Labute approximate surface area is 132 Å². The monoisotopic (exact) mass is 303 g/mol. The van der Waals surface area contributed by atoms with Gasteiger partial charge in [-0.25, -0.2) is 4.99 Å². The maximum atomic E-state index is 11.3. The van der Waals surface area contributed by atoms with Gasteiger partial charge in [0.1, 0.15) is 11.4 Å². The molecule has 112 valence electrons. The summed E-state index contributed by atoms with van der Waals surface area (Å²) in [7, 11) is 0. The van der Waals surface area contributed by atoms with Gasteiger partial charge in [0.25, 0.3) is 0 Å². The average molecular weight is 303 g/mol. The molecule has 2 N–H and O–H groups in total. The zero-order valence-electron chi connectivity index (χ0n) is 12.1. The van der Waals surface area contributed by atoms with Crippen LogP contribution in [0.15, 0.2) is 72.2 Å². The van der Waals surface area contributed by atoms with Crippen molar-refractivity contribution in [1.82, 2.24) is 15.0 Å². The Hall–Kier alpha value is -3.12. The predicted octanol–water partition coefficient (Wildman–Crippen LogP) is 2.26. The van der Waals surface area contributed by atoms with E-state index in [-0.39, 0.29) is 0 Å². The summed E-state index contributed by atoms with van der Waals surface area (Å²) in [6.07, 6.45) is 6.58. The van der Waals surface area contributed by atoms with E-state index in [1.54, 1.807) is 49.1 Å². The van der Waals surface area contributed by atoms with Gasteiger partial charge in [-0.3, -0.25) is 15.0 Å². The molecule has 0 radical (unpaired) electrons. The number of anilines is 1. The summed E-state index contributed by atoms with van der Waals surface area (Å²) < 4.78 is 0. The quantitative estimate of drug-likeness (QED) is 0.758. The lowest BCUT2D eigenvalue weighted by Crippen LogP contribution is -2.46. The highest BCUT2D eigenvalue weighted by molar-refractivity contribution is 6.10. The third-order valence-corrected chi connectivity index (χ3v) is 3.63. The lowest BCUT2D eigenvalue weighted by atomic mass is 9.96. The van der Waals surface area contributed by atoms with Crippen LogP contribution in [0.25, 0.3) is 0 Å². The average Bonchev–Trinajstić information content (AvgIpc) is 2.62. The Bertz CT molecular complexity index is 866. The fraction of sp³-hybridized carbons (Fsp3) is 0.0588. The Morgan fingerprint density at radius 3 is 2.48 bits per heavy atom. The number of rotatable bonds is 2. The Morgan fingerprint density at radius 1 is 0.913 bits per heavy atom. The zero-order valence-corrected chi connectivity index (χ0v) is 12.1. The molecule has 0 aliphatic carbocycles. The number of aliphatic hydroxyl groups is 1. The van der Waals surface area contributed by atoms with Gasteiger partial charge in [-0.2, -0.15) is 0 Å². The molecule has 4 rings (SSSR count). The van der Waals surface area contributed by atoms with Crippen LogP contribution in [0, 0.1) is 0 Å². The smallest absolute Gasteiger partial charge is 0.226 e. The minimum absolute atomic E-state index is 0.386. The summed E-state index contributed by atoms with van der Waals surface area (Å²) in [6, 6.07) is 12.6. The summed E-state index contributed by atoms with van der Waals surface area (Å²) in [5, 5.41) is 14.5. The number of aliphatic imine (C=N–C) groups is 1. The fourth-order valence-corrected chi connectivity index (χ4v) is 2.54. The van der Waals surface area contributed by atoms with Crippen LogP contribution in [-0.4, -0.2) is 25.8 Å². The number of nitrogens with zero attached hydrogens (tertiary/aromatic N) is 4. The number of fused-ring (bicyclic) bond motifs is 1. The molecule has 23 heavy (non-hydrogen) atoms. The van der Waals surface area contributed by atoms with Crippen LogP contribution in [0.3, 0.4) is 0 Å². The van der Waals surface area contributed by atoms with Crippen molar-refractivity contribution in [3.63, 3.8) is 0 Å². The van der Waals surface area contributed by atoms with Crippen molar-refractivity contribution in [2.24, 2.45) is 4.99 Å². The molecule has 0 fully saturated rings. The van der Waals surface area contributed by atoms with Crippen molar-refractivity contribution >= 4 is 17.1 Å². The second kappa shape index (κ2) is 5.26. The molecule has 0 spiro atoms. The van der Waals surface area contributed by atoms with Gasteiger partial charge in [-0.1, -0.05) is 12.1 Å². The van der Waals surface area contributed by atoms with Crippen LogP contribution >= 0.6 is 0 Å². The van der Waals surface area contributed by atoms with Gasteiger partial charge in [0.05, 0.1) is 23.3 Å². The van der Waals surface area contributed by atoms with E-state index in [0.29, 0.717) is 28.5 Å². The molecule has 0 aromatic carbocycles. The molecule has 1 atom stereocenters. The van der Waals surface area contributed by atoms with E-state index < -0.39 is 5.72 Å².